The number of carbonyl (C=O) groups is 1. The van der Waals surface area contributed by atoms with E-state index < -0.39 is 35.3 Å². The molecular weight excluding hydrogens is 686 g/mol. The van der Waals surface area contributed by atoms with Crippen LogP contribution >= 0.6 is 0 Å². The number of Topliss-reactive ketones (excluding diaryl/α,β-unsaturated/α-hetero) is 1. The first-order valence-electron chi connectivity index (χ1n) is 16.2. The van der Waals surface area contributed by atoms with Crippen LogP contribution in [0, 0.1) is 0 Å². The van der Waals surface area contributed by atoms with Crippen LogP contribution in [0.5, 0.6) is 11.5 Å². The van der Waals surface area contributed by atoms with E-state index in [1.807, 2.05) is 38.1 Å². The average Bonchev–Trinajstić information content (AvgIpc) is 3.82. The largest absolute Gasteiger partial charge is 0.489 e. The van der Waals surface area contributed by atoms with E-state index in [1.54, 1.807) is 36.7 Å². The van der Waals surface area contributed by atoms with Crippen molar-refractivity contribution < 1.29 is 40.6 Å². The number of alkyl halides is 6. The lowest BCUT2D eigenvalue weighted by atomic mass is 9.86. The monoisotopic (exact) mass is 718 g/mol. The SMILES string of the molecule is CC(C(=O)C(C)c1ccc(OCc2cn[nH]c2-c2ccc(C(F)(F)F)cc2)cc1)c1ccc(OCc2cn[nH]c2-c2ccc(C(F)(F)F)cc2)cc1. The van der Waals surface area contributed by atoms with Crippen LogP contribution in [-0.2, 0) is 30.4 Å². The number of nitrogens with zero attached hydrogens (tertiary/aromatic N) is 2. The van der Waals surface area contributed by atoms with Gasteiger partial charge in [0.15, 0.2) is 0 Å². The quantitative estimate of drug-likeness (QED) is 0.123. The van der Waals surface area contributed by atoms with Gasteiger partial charge in [0.25, 0.3) is 0 Å². The first kappa shape index (κ1) is 36.0. The molecule has 0 saturated carbocycles. The summed E-state index contributed by atoms with van der Waals surface area (Å²) in [7, 11) is 0. The summed E-state index contributed by atoms with van der Waals surface area (Å²) in [6.07, 6.45) is -5.73. The molecular formula is C39H32F6N4O3. The molecule has 2 unspecified atom stereocenters. The molecule has 0 aliphatic heterocycles. The lowest BCUT2D eigenvalue weighted by molar-refractivity contribution is -0.138. The Labute approximate surface area is 294 Å². The van der Waals surface area contributed by atoms with Crippen LogP contribution < -0.4 is 9.47 Å². The van der Waals surface area contributed by atoms with Gasteiger partial charge in [0.2, 0.25) is 0 Å². The van der Waals surface area contributed by atoms with Crippen molar-refractivity contribution in [3.63, 3.8) is 0 Å². The maximum Gasteiger partial charge on any atom is 0.416 e. The van der Waals surface area contributed by atoms with Crippen molar-refractivity contribution in [2.24, 2.45) is 0 Å². The molecule has 0 bridgehead atoms. The molecule has 0 radical (unpaired) electrons. The number of hydrogen-bond acceptors (Lipinski definition) is 5. The van der Waals surface area contributed by atoms with E-state index in [4.69, 9.17) is 9.47 Å². The molecule has 2 atom stereocenters. The number of aromatic nitrogens is 4. The highest BCUT2D eigenvalue weighted by Gasteiger charge is 2.31. The van der Waals surface area contributed by atoms with Gasteiger partial charge in [-0.15, -0.1) is 0 Å². The van der Waals surface area contributed by atoms with E-state index in [0.29, 0.717) is 45.1 Å². The Morgan fingerprint density at radius 2 is 0.923 bits per heavy atom. The number of nitrogens with one attached hydrogen (secondary N) is 2. The fourth-order valence-corrected chi connectivity index (χ4v) is 5.72. The molecule has 0 amide bonds. The molecule has 0 aliphatic carbocycles. The van der Waals surface area contributed by atoms with Gasteiger partial charge in [-0.2, -0.15) is 36.5 Å². The Kier molecular flexibility index (Phi) is 10.2. The summed E-state index contributed by atoms with van der Waals surface area (Å²) in [4.78, 5) is 13.5. The van der Waals surface area contributed by atoms with Gasteiger partial charge in [0, 0.05) is 23.0 Å². The number of benzene rings is 4. The standard InChI is InChI=1S/C39H32F6N4O3/c1-23(25-7-15-33(16-8-25)51-21-29-19-46-48-35(29)27-3-11-31(12-4-27)38(40,41)42)37(50)24(2)26-9-17-34(18-10-26)52-22-30-20-47-49-36(30)28-5-13-32(14-6-28)39(43,44)45/h3-20,23-24H,21-22H2,1-2H3,(H,46,48)(H,47,49). The Balaban J connectivity index is 1.02. The van der Waals surface area contributed by atoms with Crippen LogP contribution in [0.3, 0.4) is 0 Å². The molecule has 2 N–H and O–H groups in total. The van der Waals surface area contributed by atoms with Gasteiger partial charge < -0.3 is 9.47 Å². The number of rotatable bonds is 12. The van der Waals surface area contributed by atoms with Crippen LogP contribution in [0.2, 0.25) is 0 Å². The van der Waals surface area contributed by atoms with E-state index in [9.17, 15) is 31.1 Å². The van der Waals surface area contributed by atoms with E-state index >= 15 is 0 Å². The summed E-state index contributed by atoms with van der Waals surface area (Å²) in [5.74, 6) is 0.290. The first-order valence-corrected chi connectivity index (χ1v) is 16.2. The Hall–Kier alpha value is -5.85. The Morgan fingerprint density at radius 1 is 0.577 bits per heavy atom. The van der Waals surface area contributed by atoms with Gasteiger partial charge in [-0.05, 0) is 70.8 Å². The predicted octanol–water partition coefficient (Wildman–Crippen LogP) is 10.1. The number of ether oxygens (including phenoxy) is 2. The highest BCUT2D eigenvalue weighted by Crippen LogP contribution is 2.34. The van der Waals surface area contributed by atoms with Gasteiger partial charge in [-0.3, -0.25) is 15.0 Å². The maximum absolute atomic E-state index is 13.5. The van der Waals surface area contributed by atoms with Crippen LogP contribution in [-0.4, -0.2) is 26.2 Å². The van der Waals surface area contributed by atoms with Crippen molar-refractivity contribution in [2.45, 2.75) is 51.2 Å². The first-order chi connectivity index (χ1) is 24.8. The molecule has 268 valence electrons. The number of ketones is 1. The van der Waals surface area contributed by atoms with E-state index in [1.165, 1.54) is 24.3 Å². The van der Waals surface area contributed by atoms with E-state index in [0.717, 1.165) is 35.4 Å². The molecule has 13 heteroatoms. The molecule has 2 aromatic heterocycles. The molecule has 0 saturated heterocycles. The highest BCUT2D eigenvalue weighted by atomic mass is 19.4. The molecule has 6 rings (SSSR count). The van der Waals surface area contributed by atoms with Crippen LogP contribution in [0.15, 0.2) is 109 Å². The van der Waals surface area contributed by atoms with Crippen molar-refractivity contribution in [3.05, 3.63) is 143 Å². The van der Waals surface area contributed by atoms with E-state index in [-0.39, 0.29) is 19.0 Å². The fraction of sp³-hybridized carbons (Fsp3) is 0.205. The summed E-state index contributed by atoms with van der Waals surface area (Å²) in [6.45, 7) is 3.93. The second-order valence-electron chi connectivity index (χ2n) is 12.3. The number of halogens is 6. The highest BCUT2D eigenvalue weighted by molar-refractivity contribution is 5.91. The minimum Gasteiger partial charge on any atom is -0.489 e. The van der Waals surface area contributed by atoms with Crippen LogP contribution in [0.25, 0.3) is 22.5 Å². The van der Waals surface area contributed by atoms with Crippen molar-refractivity contribution in [3.8, 4) is 34.0 Å². The third-order valence-corrected chi connectivity index (χ3v) is 8.84. The lowest BCUT2D eigenvalue weighted by Gasteiger charge is -2.18. The molecule has 7 nitrogen and oxygen atoms in total. The molecule has 2 heterocycles. The molecule has 0 fully saturated rings. The minimum atomic E-state index is -4.42. The topological polar surface area (TPSA) is 92.9 Å². The molecule has 4 aromatic carbocycles. The third kappa shape index (κ3) is 8.20. The Morgan fingerprint density at radius 3 is 1.25 bits per heavy atom. The maximum atomic E-state index is 13.5. The van der Waals surface area contributed by atoms with E-state index in [2.05, 4.69) is 20.4 Å². The minimum absolute atomic E-state index is 0.0153. The summed E-state index contributed by atoms with van der Waals surface area (Å²) in [5, 5.41) is 13.7. The predicted molar refractivity (Wildman–Crippen MR) is 181 cm³/mol. The van der Waals surface area contributed by atoms with Gasteiger partial charge >= 0.3 is 12.4 Å². The van der Waals surface area contributed by atoms with Crippen molar-refractivity contribution >= 4 is 5.78 Å². The number of H-pyrrole nitrogens is 2. The number of carbonyl (C=O) groups excluding carboxylic acids is 1. The molecule has 52 heavy (non-hydrogen) atoms. The van der Waals surface area contributed by atoms with Crippen molar-refractivity contribution in [2.75, 3.05) is 0 Å². The van der Waals surface area contributed by atoms with Gasteiger partial charge in [-0.25, -0.2) is 0 Å². The molecule has 0 spiro atoms. The zero-order valence-electron chi connectivity index (χ0n) is 27.8. The molecule has 6 aromatic rings. The summed E-state index contributed by atoms with van der Waals surface area (Å²) in [5.41, 5.74) is 3.69. The second kappa shape index (κ2) is 14.8. The third-order valence-electron chi connectivity index (χ3n) is 8.84. The molecule has 0 aliphatic rings. The summed E-state index contributed by atoms with van der Waals surface area (Å²) < 4.78 is 89.6. The Bertz CT molecular complexity index is 1950. The smallest absolute Gasteiger partial charge is 0.416 e. The zero-order chi connectivity index (χ0) is 37.0. The number of aromatic amines is 2. The lowest BCUT2D eigenvalue weighted by Crippen LogP contribution is -2.16. The van der Waals surface area contributed by atoms with Gasteiger partial charge in [-0.1, -0.05) is 62.4 Å². The second-order valence-corrected chi connectivity index (χ2v) is 12.3. The zero-order valence-corrected chi connectivity index (χ0v) is 27.8. The van der Waals surface area contributed by atoms with Crippen LogP contribution in [0.4, 0.5) is 26.3 Å². The fourth-order valence-electron chi connectivity index (χ4n) is 5.72. The normalized spacial score (nSPS) is 13.1. The van der Waals surface area contributed by atoms with Crippen LogP contribution in [0.1, 0.15) is 59.1 Å². The van der Waals surface area contributed by atoms with Crippen molar-refractivity contribution in [1.82, 2.24) is 20.4 Å². The summed E-state index contributed by atoms with van der Waals surface area (Å²) in [6, 6.07) is 23.9. The summed E-state index contributed by atoms with van der Waals surface area (Å²) >= 11 is 0. The van der Waals surface area contributed by atoms with Gasteiger partial charge in [0.1, 0.15) is 30.5 Å². The average molecular weight is 719 g/mol. The number of hydrogen-bond donors (Lipinski definition) is 2. The van der Waals surface area contributed by atoms with Crippen molar-refractivity contribution in [1.29, 1.82) is 0 Å². The van der Waals surface area contributed by atoms with Gasteiger partial charge in [0.05, 0.1) is 34.9 Å².